The lowest BCUT2D eigenvalue weighted by Gasteiger charge is -2.24. The molecule has 0 bridgehead atoms. The van der Waals surface area contributed by atoms with Crippen LogP contribution < -0.4 is 41.7 Å². The molecule has 0 spiro atoms. The molecule has 6 rings (SSSR count). The number of benzene rings is 3. The zero-order valence-corrected chi connectivity index (χ0v) is 26.2. The average molecular weight is 653 g/mol. The summed E-state index contributed by atoms with van der Waals surface area (Å²) in [7, 11) is -2.68. The Morgan fingerprint density at radius 2 is 1.21 bits per heavy atom. The van der Waals surface area contributed by atoms with Gasteiger partial charge in [-0.05, 0) is 96.8 Å². The van der Waals surface area contributed by atoms with E-state index in [1.54, 1.807) is 19.2 Å². The molecule has 0 saturated carbocycles. The summed E-state index contributed by atoms with van der Waals surface area (Å²) in [4.78, 5) is 25.0. The highest BCUT2D eigenvalue weighted by Gasteiger charge is 2.18. The minimum absolute atomic E-state index is 0.0898. The second-order valence-corrected chi connectivity index (χ2v) is 12.6. The summed E-state index contributed by atoms with van der Waals surface area (Å²) < 4.78 is 46.8. The third-order valence-corrected chi connectivity index (χ3v) is 8.66. The fourth-order valence-electron chi connectivity index (χ4n) is 5.30. The highest BCUT2D eigenvalue weighted by molar-refractivity contribution is 7.85. The highest BCUT2D eigenvalue weighted by atomic mass is 32.2. The van der Waals surface area contributed by atoms with Gasteiger partial charge in [0.25, 0.3) is 21.2 Å². The third kappa shape index (κ3) is 6.98. The van der Waals surface area contributed by atoms with Crippen molar-refractivity contribution in [1.29, 1.82) is 0 Å². The molecule has 0 amide bonds. The van der Waals surface area contributed by atoms with Crippen LogP contribution in [0.3, 0.4) is 0 Å². The van der Waals surface area contributed by atoms with E-state index in [0.29, 0.717) is 32.6 Å². The van der Waals surface area contributed by atoms with E-state index in [4.69, 9.17) is 9.47 Å². The van der Waals surface area contributed by atoms with E-state index in [-0.39, 0.29) is 28.2 Å². The van der Waals surface area contributed by atoms with E-state index >= 15 is 0 Å². The summed E-state index contributed by atoms with van der Waals surface area (Å²) in [5.41, 5.74) is 1.55. The summed E-state index contributed by atoms with van der Waals surface area (Å²) >= 11 is 0. The van der Waals surface area contributed by atoms with Crippen molar-refractivity contribution in [2.75, 3.05) is 0 Å². The van der Waals surface area contributed by atoms with E-state index in [9.17, 15) is 22.6 Å². The van der Waals surface area contributed by atoms with Crippen LogP contribution in [-0.4, -0.2) is 44.7 Å². The van der Waals surface area contributed by atoms with Gasteiger partial charge in [-0.1, -0.05) is 37.4 Å². The Labute approximate surface area is 269 Å². The topological polar surface area (TPSA) is 148 Å². The summed E-state index contributed by atoms with van der Waals surface area (Å²) in [5, 5.41) is 7.63. The third-order valence-electron chi connectivity index (χ3n) is 7.79. The Hall–Kier alpha value is -5.59. The van der Waals surface area contributed by atoms with Crippen LogP contribution in [0.15, 0.2) is 99.4 Å². The largest absolute Gasteiger partial charge is 0.486 e. The summed E-state index contributed by atoms with van der Waals surface area (Å²) in [6.45, 7) is 7.82. The molecule has 12 heteroatoms. The first-order chi connectivity index (χ1) is 22.4. The molecule has 3 N–H and O–H groups in total. The van der Waals surface area contributed by atoms with Crippen LogP contribution in [0, 0.1) is 0 Å². The number of aromatic amines is 2. The van der Waals surface area contributed by atoms with Crippen LogP contribution in [0.4, 0.5) is 0 Å². The van der Waals surface area contributed by atoms with Crippen LogP contribution in [-0.2, 0) is 17.2 Å². The van der Waals surface area contributed by atoms with Gasteiger partial charge in [0.1, 0.15) is 23.7 Å². The Morgan fingerprint density at radius 1 is 0.745 bits per heavy atom. The lowest BCUT2D eigenvalue weighted by atomic mass is 10.0. The predicted octanol–water partition coefficient (Wildman–Crippen LogP) is 1.46. The Balaban J connectivity index is 1.07. The second-order valence-electron chi connectivity index (χ2n) is 11.2. The van der Waals surface area contributed by atoms with Crippen molar-refractivity contribution in [3.8, 4) is 17.2 Å². The van der Waals surface area contributed by atoms with Gasteiger partial charge in [0.05, 0.1) is 31.7 Å². The molecule has 1 aliphatic rings. The number of hydrogen-bond acceptors (Lipinski definition) is 6. The van der Waals surface area contributed by atoms with Crippen molar-refractivity contribution in [2.24, 2.45) is 7.05 Å². The first kappa shape index (κ1) is 31.4. The fraction of sp³-hybridized carbons (Fsp3) is 0.143. The van der Waals surface area contributed by atoms with Crippen molar-refractivity contribution >= 4 is 35.4 Å². The van der Waals surface area contributed by atoms with Gasteiger partial charge in [0, 0.05) is 7.05 Å². The zero-order chi connectivity index (χ0) is 33.3. The van der Waals surface area contributed by atoms with Crippen LogP contribution >= 0.6 is 0 Å². The molecule has 47 heavy (non-hydrogen) atoms. The molecule has 5 aromatic rings. The van der Waals surface area contributed by atoms with E-state index in [1.807, 2.05) is 60.7 Å². The molecule has 0 aliphatic heterocycles. The molecule has 1 aliphatic carbocycles. The molecule has 11 nitrogen and oxygen atoms in total. The molecule has 0 saturated heterocycles. The number of nitrogens with zero attached hydrogens (tertiary/aromatic N) is 2. The smallest absolute Gasteiger partial charge is 0.294 e. The maximum absolute atomic E-state index is 13.1. The number of rotatable bonds is 8. The van der Waals surface area contributed by atoms with Crippen molar-refractivity contribution in [3.05, 3.63) is 138 Å². The highest BCUT2D eigenvalue weighted by Crippen LogP contribution is 2.23. The summed E-state index contributed by atoms with van der Waals surface area (Å²) in [5.74, 6) is 1.42. The van der Waals surface area contributed by atoms with Crippen LogP contribution in [0.2, 0.25) is 0 Å². The van der Waals surface area contributed by atoms with Crippen molar-refractivity contribution in [3.63, 3.8) is 0 Å². The van der Waals surface area contributed by atoms with Gasteiger partial charge in [0.2, 0.25) is 0 Å². The fourth-order valence-corrected chi connectivity index (χ4v) is 5.78. The molecule has 0 radical (unpaired) electrons. The summed E-state index contributed by atoms with van der Waals surface area (Å²) in [6.07, 6.45) is 8.84. The number of aromatic nitrogens is 4. The molecule has 0 fully saturated rings. The SMILES string of the molecule is C=c1[nH]n(C)c(=O)c1=Cc1ccc(OC2C=CC(Oc3ccc(C=c4c(=C)[nH]n(-c5ccc(S(=O)(=O)O)cc5)c4=O)cc3)CC2)cc1. The van der Waals surface area contributed by atoms with Gasteiger partial charge in [-0.3, -0.25) is 29.0 Å². The maximum atomic E-state index is 13.1. The van der Waals surface area contributed by atoms with Gasteiger partial charge in [-0.2, -0.15) is 8.42 Å². The lowest BCUT2D eigenvalue weighted by molar-refractivity contribution is 0.173. The monoisotopic (exact) mass is 652 g/mol. The van der Waals surface area contributed by atoms with Crippen molar-refractivity contribution < 1.29 is 22.4 Å². The molecule has 2 atom stereocenters. The quantitative estimate of drug-likeness (QED) is 0.170. The number of H-pyrrole nitrogens is 2. The molecule has 3 aromatic carbocycles. The van der Waals surface area contributed by atoms with E-state index in [0.717, 1.165) is 29.7 Å². The van der Waals surface area contributed by atoms with Gasteiger partial charge in [-0.25, -0.2) is 4.68 Å². The lowest BCUT2D eigenvalue weighted by Crippen LogP contribution is -2.33. The van der Waals surface area contributed by atoms with Crippen molar-refractivity contribution in [1.82, 2.24) is 19.6 Å². The number of ether oxygens (including phenoxy) is 2. The van der Waals surface area contributed by atoms with Crippen molar-refractivity contribution in [2.45, 2.75) is 29.9 Å². The minimum atomic E-state index is -4.34. The number of nitrogens with one attached hydrogen (secondary N) is 2. The van der Waals surface area contributed by atoms with Crippen LogP contribution in [0.5, 0.6) is 11.5 Å². The number of aryl methyl sites for hydroxylation is 1. The predicted molar refractivity (Wildman–Crippen MR) is 179 cm³/mol. The minimum Gasteiger partial charge on any atom is -0.486 e. The van der Waals surface area contributed by atoms with Crippen LogP contribution in [0.25, 0.3) is 31.0 Å². The molecule has 2 aromatic heterocycles. The Kier molecular flexibility index (Phi) is 8.46. The van der Waals surface area contributed by atoms with Crippen LogP contribution in [0.1, 0.15) is 24.0 Å². The molecule has 2 heterocycles. The molecule has 2 unspecified atom stereocenters. The first-order valence-corrected chi connectivity index (χ1v) is 16.2. The van der Waals surface area contributed by atoms with E-state index < -0.39 is 10.1 Å². The Bertz CT molecular complexity index is 2420. The maximum Gasteiger partial charge on any atom is 0.294 e. The zero-order valence-electron chi connectivity index (χ0n) is 25.4. The average Bonchev–Trinajstić information content (AvgIpc) is 3.47. The van der Waals surface area contributed by atoms with E-state index in [2.05, 4.69) is 23.4 Å². The summed E-state index contributed by atoms with van der Waals surface area (Å²) in [6, 6.07) is 20.2. The molecule has 240 valence electrons. The Morgan fingerprint density at radius 3 is 1.64 bits per heavy atom. The molecular formula is C35H32N4O7S. The van der Waals surface area contributed by atoms with Gasteiger partial charge in [0.15, 0.2) is 0 Å². The number of hydrogen-bond donors (Lipinski definition) is 3. The van der Waals surface area contributed by atoms with Gasteiger partial charge < -0.3 is 9.47 Å². The normalized spacial score (nSPS) is 17.2. The molecular weight excluding hydrogens is 620 g/mol. The van der Waals surface area contributed by atoms with E-state index in [1.165, 1.54) is 33.6 Å². The van der Waals surface area contributed by atoms with Gasteiger partial charge in [-0.15, -0.1) is 0 Å². The van der Waals surface area contributed by atoms with Gasteiger partial charge >= 0.3 is 0 Å². The second kappa shape index (κ2) is 12.7. The standard InChI is InChI=1S/C35H32N4O7S/c1-22-32(34(40)38(3)36-22)20-24-4-10-27(11-5-24)45-29-14-16-30(17-15-29)46-28-12-6-25(7-13-28)21-33-23(2)37-39(35(33)41)26-8-18-31(19-9-26)47(42,43)44/h4-14,16,18-21,29-30,36-37H,1-2,15,17H2,3H3,(H,42,43,44). The first-order valence-electron chi connectivity index (χ1n) is 14.7.